The fourth-order valence-corrected chi connectivity index (χ4v) is 3.23. The van der Waals surface area contributed by atoms with Crippen molar-refractivity contribution < 1.29 is 9.84 Å². The molecule has 2 bridgehead atoms. The highest BCUT2D eigenvalue weighted by atomic mass is 16.5. The SMILES string of the molecule is CCC(NC1CC2CCC1O2)c1ccc(O)cc1. The molecule has 2 aliphatic heterocycles. The van der Waals surface area contributed by atoms with Crippen LogP contribution in [0, 0.1) is 0 Å². The summed E-state index contributed by atoms with van der Waals surface area (Å²) in [7, 11) is 0. The largest absolute Gasteiger partial charge is 0.508 e. The lowest BCUT2D eigenvalue weighted by Crippen LogP contribution is -2.39. The number of fused-ring (bicyclic) bond motifs is 2. The van der Waals surface area contributed by atoms with Gasteiger partial charge in [-0.05, 0) is 43.4 Å². The minimum atomic E-state index is 0.330. The van der Waals surface area contributed by atoms with Crippen molar-refractivity contribution in [3.05, 3.63) is 29.8 Å². The van der Waals surface area contributed by atoms with Crippen LogP contribution in [0.5, 0.6) is 5.75 Å². The van der Waals surface area contributed by atoms with Crippen LogP contribution in [0.2, 0.25) is 0 Å². The average Bonchev–Trinajstić information content (AvgIpc) is 2.99. The quantitative estimate of drug-likeness (QED) is 0.859. The first-order valence-corrected chi connectivity index (χ1v) is 6.96. The van der Waals surface area contributed by atoms with E-state index in [9.17, 15) is 5.11 Å². The molecule has 2 fully saturated rings. The molecule has 2 saturated heterocycles. The maximum Gasteiger partial charge on any atom is 0.115 e. The molecule has 0 saturated carbocycles. The van der Waals surface area contributed by atoms with E-state index in [1.807, 2.05) is 12.1 Å². The number of ether oxygens (including phenoxy) is 1. The molecule has 0 aliphatic carbocycles. The standard InChI is InChI=1S/C15H21NO2/c1-2-13(10-3-5-11(17)6-4-10)16-14-9-12-7-8-15(14)18-12/h3-6,12-17H,2,7-9H2,1H3. The van der Waals surface area contributed by atoms with Crippen LogP contribution in [0.4, 0.5) is 0 Å². The molecule has 0 amide bonds. The van der Waals surface area contributed by atoms with Gasteiger partial charge in [0.05, 0.1) is 12.2 Å². The van der Waals surface area contributed by atoms with Gasteiger partial charge >= 0.3 is 0 Å². The molecule has 18 heavy (non-hydrogen) atoms. The van der Waals surface area contributed by atoms with Crippen molar-refractivity contribution >= 4 is 0 Å². The number of hydrogen-bond donors (Lipinski definition) is 2. The molecule has 4 unspecified atom stereocenters. The summed E-state index contributed by atoms with van der Waals surface area (Å²) in [6.45, 7) is 2.19. The van der Waals surface area contributed by atoms with Crippen molar-refractivity contribution in [1.29, 1.82) is 0 Å². The summed E-state index contributed by atoms with van der Waals surface area (Å²) in [5.74, 6) is 0.330. The number of phenols is 1. The molecular weight excluding hydrogens is 226 g/mol. The van der Waals surface area contributed by atoms with Crippen LogP contribution in [0.3, 0.4) is 0 Å². The number of hydrogen-bond acceptors (Lipinski definition) is 3. The van der Waals surface area contributed by atoms with Crippen LogP contribution >= 0.6 is 0 Å². The Hall–Kier alpha value is -1.06. The number of aromatic hydroxyl groups is 1. The molecule has 2 N–H and O–H groups in total. The Morgan fingerprint density at radius 3 is 2.67 bits per heavy atom. The third-order valence-corrected chi connectivity index (χ3v) is 4.22. The van der Waals surface area contributed by atoms with Gasteiger partial charge in [-0.15, -0.1) is 0 Å². The first-order chi connectivity index (χ1) is 8.76. The molecule has 1 aromatic rings. The molecule has 3 nitrogen and oxygen atoms in total. The van der Waals surface area contributed by atoms with Gasteiger partial charge in [-0.25, -0.2) is 0 Å². The van der Waals surface area contributed by atoms with E-state index in [-0.39, 0.29) is 0 Å². The molecule has 3 rings (SSSR count). The number of benzene rings is 1. The molecule has 0 aromatic heterocycles. The van der Waals surface area contributed by atoms with Gasteiger partial charge in [0.25, 0.3) is 0 Å². The monoisotopic (exact) mass is 247 g/mol. The lowest BCUT2D eigenvalue weighted by Gasteiger charge is -2.26. The lowest BCUT2D eigenvalue weighted by molar-refractivity contribution is 0.0959. The second-order valence-electron chi connectivity index (χ2n) is 5.44. The first-order valence-electron chi connectivity index (χ1n) is 6.96. The van der Waals surface area contributed by atoms with Crippen LogP contribution in [0.15, 0.2) is 24.3 Å². The van der Waals surface area contributed by atoms with Crippen LogP contribution < -0.4 is 5.32 Å². The number of phenolic OH excluding ortho intramolecular Hbond substituents is 1. The Labute approximate surface area is 108 Å². The Balaban J connectivity index is 1.67. The zero-order valence-corrected chi connectivity index (χ0v) is 10.8. The van der Waals surface area contributed by atoms with E-state index in [0.29, 0.717) is 30.0 Å². The van der Waals surface area contributed by atoms with E-state index in [1.54, 1.807) is 12.1 Å². The normalized spacial score (nSPS) is 31.7. The van der Waals surface area contributed by atoms with Crippen molar-refractivity contribution in [2.75, 3.05) is 0 Å². The zero-order chi connectivity index (χ0) is 12.5. The molecule has 0 spiro atoms. The van der Waals surface area contributed by atoms with Crippen molar-refractivity contribution in [2.24, 2.45) is 0 Å². The predicted octanol–water partition coefficient (Wildman–Crippen LogP) is 2.75. The van der Waals surface area contributed by atoms with Gasteiger partial charge in [-0.2, -0.15) is 0 Å². The molecule has 4 atom stereocenters. The van der Waals surface area contributed by atoms with Gasteiger partial charge < -0.3 is 15.2 Å². The van der Waals surface area contributed by atoms with Gasteiger partial charge in [0.15, 0.2) is 0 Å². The Morgan fingerprint density at radius 1 is 1.33 bits per heavy atom. The topological polar surface area (TPSA) is 41.5 Å². The molecular formula is C15H21NO2. The third-order valence-electron chi connectivity index (χ3n) is 4.22. The highest BCUT2D eigenvalue weighted by molar-refractivity contribution is 5.28. The molecule has 1 aromatic carbocycles. The van der Waals surface area contributed by atoms with Crippen molar-refractivity contribution in [3.63, 3.8) is 0 Å². The van der Waals surface area contributed by atoms with E-state index in [1.165, 1.54) is 18.4 Å². The van der Waals surface area contributed by atoms with Crippen molar-refractivity contribution in [1.82, 2.24) is 5.32 Å². The van der Waals surface area contributed by atoms with Crippen molar-refractivity contribution in [3.8, 4) is 5.75 Å². The summed E-state index contributed by atoms with van der Waals surface area (Å²) in [5.41, 5.74) is 1.25. The molecule has 2 heterocycles. The van der Waals surface area contributed by atoms with E-state index in [4.69, 9.17) is 4.74 Å². The predicted molar refractivity (Wildman–Crippen MR) is 70.6 cm³/mol. The summed E-state index contributed by atoms with van der Waals surface area (Å²) in [6, 6.07) is 8.39. The maximum absolute atomic E-state index is 9.34. The second-order valence-corrected chi connectivity index (χ2v) is 5.44. The summed E-state index contributed by atoms with van der Waals surface area (Å²) in [6.07, 6.45) is 5.55. The van der Waals surface area contributed by atoms with Crippen LogP contribution in [-0.2, 0) is 4.74 Å². The minimum Gasteiger partial charge on any atom is -0.508 e. The Bertz CT molecular complexity index is 403. The highest BCUT2D eigenvalue weighted by Gasteiger charge is 2.41. The van der Waals surface area contributed by atoms with E-state index < -0.39 is 0 Å². The van der Waals surface area contributed by atoms with Gasteiger partial charge in [-0.3, -0.25) is 0 Å². The molecule has 2 aliphatic rings. The first kappa shape index (κ1) is 12.0. The van der Waals surface area contributed by atoms with E-state index in [2.05, 4.69) is 12.2 Å². The van der Waals surface area contributed by atoms with Crippen LogP contribution in [-0.4, -0.2) is 23.4 Å². The number of rotatable bonds is 4. The van der Waals surface area contributed by atoms with Crippen LogP contribution in [0.1, 0.15) is 44.2 Å². The fourth-order valence-electron chi connectivity index (χ4n) is 3.23. The molecule has 98 valence electrons. The fraction of sp³-hybridized carbons (Fsp3) is 0.600. The second kappa shape index (κ2) is 4.90. The van der Waals surface area contributed by atoms with Gasteiger partial charge in [0, 0.05) is 12.1 Å². The lowest BCUT2D eigenvalue weighted by atomic mass is 9.93. The minimum absolute atomic E-state index is 0.330. The van der Waals surface area contributed by atoms with Gasteiger partial charge in [0.1, 0.15) is 5.75 Å². The number of nitrogens with one attached hydrogen (secondary N) is 1. The smallest absolute Gasteiger partial charge is 0.115 e. The molecule has 3 heteroatoms. The third kappa shape index (κ3) is 2.25. The summed E-state index contributed by atoms with van der Waals surface area (Å²) in [4.78, 5) is 0. The Morgan fingerprint density at radius 2 is 2.11 bits per heavy atom. The zero-order valence-electron chi connectivity index (χ0n) is 10.8. The summed E-state index contributed by atoms with van der Waals surface area (Å²) < 4.78 is 5.88. The van der Waals surface area contributed by atoms with E-state index >= 15 is 0 Å². The van der Waals surface area contributed by atoms with Crippen LogP contribution in [0.25, 0.3) is 0 Å². The van der Waals surface area contributed by atoms with Crippen molar-refractivity contribution in [2.45, 2.75) is 56.9 Å². The van der Waals surface area contributed by atoms with E-state index in [0.717, 1.165) is 12.8 Å². The average molecular weight is 247 g/mol. The highest BCUT2D eigenvalue weighted by Crippen LogP contribution is 2.35. The summed E-state index contributed by atoms with van der Waals surface area (Å²) in [5, 5.41) is 13.1. The Kier molecular flexibility index (Phi) is 3.27. The molecule has 0 radical (unpaired) electrons. The summed E-state index contributed by atoms with van der Waals surface area (Å²) >= 11 is 0. The maximum atomic E-state index is 9.34. The van der Waals surface area contributed by atoms with Gasteiger partial charge in [-0.1, -0.05) is 19.1 Å². The van der Waals surface area contributed by atoms with Gasteiger partial charge in [0.2, 0.25) is 0 Å².